The van der Waals surface area contributed by atoms with Crippen LogP contribution in [-0.4, -0.2) is 11.1 Å². The molecule has 11 heavy (non-hydrogen) atoms. The summed E-state index contributed by atoms with van der Waals surface area (Å²) in [6.07, 6.45) is 9.37. The van der Waals surface area contributed by atoms with E-state index in [1.54, 1.807) is 6.08 Å². The van der Waals surface area contributed by atoms with Crippen LogP contribution in [0.15, 0.2) is 23.8 Å². The zero-order chi connectivity index (χ0) is 8.10. The van der Waals surface area contributed by atoms with Crippen LogP contribution < -0.4 is 0 Å². The highest BCUT2D eigenvalue weighted by atomic mass is 16.4. The second-order valence-corrected chi connectivity index (χ2v) is 2.67. The van der Waals surface area contributed by atoms with Crippen molar-refractivity contribution in [3.63, 3.8) is 0 Å². The number of hydrogen-bond acceptors (Lipinski definition) is 1. The highest BCUT2D eigenvalue weighted by Crippen LogP contribution is 2.15. The van der Waals surface area contributed by atoms with Crippen LogP contribution >= 0.6 is 0 Å². The van der Waals surface area contributed by atoms with E-state index in [4.69, 9.17) is 5.11 Å². The summed E-state index contributed by atoms with van der Waals surface area (Å²) in [6, 6.07) is 0. The molecule has 0 aromatic carbocycles. The first-order valence-electron chi connectivity index (χ1n) is 3.86. The number of aliphatic carboxylic acids is 1. The van der Waals surface area contributed by atoms with Crippen LogP contribution in [0.1, 0.15) is 25.7 Å². The molecule has 0 amide bonds. The van der Waals surface area contributed by atoms with Crippen LogP contribution in [0, 0.1) is 0 Å². The lowest BCUT2D eigenvalue weighted by Crippen LogP contribution is -1.93. The molecule has 2 heteroatoms. The standard InChI is InChI=1S/C9H12O2/c10-9(11)7-6-8-4-2-1-3-5-8/h2,4,6H,1,3,5,7H2,(H,10,11)/b8-6-. The van der Waals surface area contributed by atoms with Crippen LogP contribution in [0.25, 0.3) is 0 Å². The summed E-state index contributed by atoms with van der Waals surface area (Å²) in [5, 5.41) is 8.38. The third-order valence-electron chi connectivity index (χ3n) is 1.71. The van der Waals surface area contributed by atoms with Gasteiger partial charge in [0.15, 0.2) is 0 Å². The molecule has 0 aromatic rings. The lowest BCUT2D eigenvalue weighted by molar-refractivity contribution is -0.136. The lowest BCUT2D eigenvalue weighted by atomic mass is 10.0. The van der Waals surface area contributed by atoms with Gasteiger partial charge in [0.1, 0.15) is 0 Å². The molecule has 0 aromatic heterocycles. The Kier molecular flexibility index (Phi) is 2.90. The molecule has 1 aliphatic carbocycles. The zero-order valence-corrected chi connectivity index (χ0v) is 6.42. The second-order valence-electron chi connectivity index (χ2n) is 2.67. The fraction of sp³-hybridized carbons (Fsp3) is 0.444. The maximum absolute atomic E-state index is 10.2. The number of hydrogen-bond donors (Lipinski definition) is 1. The van der Waals surface area contributed by atoms with Gasteiger partial charge in [0.25, 0.3) is 0 Å². The topological polar surface area (TPSA) is 37.3 Å². The Balaban J connectivity index is 2.44. The zero-order valence-electron chi connectivity index (χ0n) is 6.42. The van der Waals surface area contributed by atoms with Gasteiger partial charge in [-0.1, -0.05) is 23.8 Å². The Labute approximate surface area is 66.2 Å². The SMILES string of the molecule is O=C(O)C/C=C1/C=CCCC1. The van der Waals surface area contributed by atoms with E-state index in [0.717, 1.165) is 19.3 Å². The molecule has 0 spiro atoms. The fourth-order valence-corrected chi connectivity index (χ4v) is 1.13. The van der Waals surface area contributed by atoms with E-state index in [0.29, 0.717) is 0 Å². The van der Waals surface area contributed by atoms with Crippen LogP contribution in [0.2, 0.25) is 0 Å². The molecule has 1 aliphatic rings. The maximum atomic E-state index is 10.2. The van der Waals surface area contributed by atoms with E-state index in [2.05, 4.69) is 6.08 Å². The van der Waals surface area contributed by atoms with Crippen LogP contribution in [-0.2, 0) is 4.79 Å². The molecule has 0 saturated heterocycles. The van der Waals surface area contributed by atoms with Gasteiger partial charge in [-0.3, -0.25) is 4.79 Å². The summed E-state index contributed by atoms with van der Waals surface area (Å²) < 4.78 is 0. The Hall–Kier alpha value is -1.05. The Morgan fingerprint density at radius 3 is 3.09 bits per heavy atom. The third-order valence-corrected chi connectivity index (χ3v) is 1.71. The van der Waals surface area contributed by atoms with Gasteiger partial charge >= 0.3 is 5.97 Å². The van der Waals surface area contributed by atoms with Gasteiger partial charge in [0, 0.05) is 0 Å². The quantitative estimate of drug-likeness (QED) is 0.658. The molecule has 1 rings (SSSR count). The van der Waals surface area contributed by atoms with E-state index in [1.165, 1.54) is 5.57 Å². The van der Waals surface area contributed by atoms with Gasteiger partial charge in [0.2, 0.25) is 0 Å². The van der Waals surface area contributed by atoms with Crippen LogP contribution in [0.4, 0.5) is 0 Å². The second kappa shape index (κ2) is 3.96. The van der Waals surface area contributed by atoms with Gasteiger partial charge in [-0.05, 0) is 19.3 Å². The van der Waals surface area contributed by atoms with Crippen LogP contribution in [0.3, 0.4) is 0 Å². The summed E-state index contributed by atoms with van der Waals surface area (Å²) in [5.74, 6) is -0.753. The van der Waals surface area contributed by atoms with Gasteiger partial charge in [-0.2, -0.15) is 0 Å². The van der Waals surface area contributed by atoms with E-state index >= 15 is 0 Å². The molecule has 0 saturated carbocycles. The Bertz CT molecular complexity index is 202. The lowest BCUT2D eigenvalue weighted by Gasteiger charge is -2.05. The molecular formula is C9H12O2. The number of rotatable bonds is 2. The van der Waals surface area contributed by atoms with Gasteiger partial charge in [-0.15, -0.1) is 0 Å². The molecule has 60 valence electrons. The number of carboxylic acids is 1. The van der Waals surface area contributed by atoms with Crippen molar-refractivity contribution in [2.45, 2.75) is 25.7 Å². The normalized spacial score (nSPS) is 20.5. The molecule has 2 nitrogen and oxygen atoms in total. The van der Waals surface area contributed by atoms with Crippen molar-refractivity contribution >= 4 is 5.97 Å². The average molecular weight is 152 g/mol. The number of carboxylic acid groups (broad SMARTS) is 1. The number of carbonyl (C=O) groups is 1. The molecule has 0 aliphatic heterocycles. The van der Waals surface area contributed by atoms with E-state index in [-0.39, 0.29) is 6.42 Å². The molecule has 0 unspecified atom stereocenters. The van der Waals surface area contributed by atoms with Gasteiger partial charge in [-0.25, -0.2) is 0 Å². The smallest absolute Gasteiger partial charge is 0.307 e. The monoisotopic (exact) mass is 152 g/mol. The summed E-state index contributed by atoms with van der Waals surface area (Å²) in [7, 11) is 0. The Morgan fingerprint density at radius 2 is 2.55 bits per heavy atom. The van der Waals surface area contributed by atoms with Crippen molar-refractivity contribution in [1.29, 1.82) is 0 Å². The van der Waals surface area contributed by atoms with Crippen molar-refractivity contribution in [2.24, 2.45) is 0 Å². The predicted octanol–water partition coefficient (Wildman–Crippen LogP) is 2.13. The fourth-order valence-electron chi connectivity index (χ4n) is 1.13. The van der Waals surface area contributed by atoms with E-state index < -0.39 is 5.97 Å². The summed E-state index contributed by atoms with van der Waals surface area (Å²) in [6.45, 7) is 0. The molecule has 0 atom stereocenters. The molecular weight excluding hydrogens is 140 g/mol. The van der Waals surface area contributed by atoms with Crippen molar-refractivity contribution in [3.05, 3.63) is 23.8 Å². The predicted molar refractivity (Wildman–Crippen MR) is 43.3 cm³/mol. The first kappa shape index (κ1) is 8.05. The van der Waals surface area contributed by atoms with Crippen molar-refractivity contribution in [2.75, 3.05) is 0 Å². The van der Waals surface area contributed by atoms with E-state index in [1.807, 2.05) is 6.08 Å². The number of allylic oxidation sites excluding steroid dienone is 3. The maximum Gasteiger partial charge on any atom is 0.307 e. The summed E-state index contributed by atoms with van der Waals surface area (Å²) in [5.41, 5.74) is 1.17. The minimum Gasteiger partial charge on any atom is -0.481 e. The molecule has 0 fully saturated rings. The first-order valence-corrected chi connectivity index (χ1v) is 3.86. The average Bonchev–Trinajstić information content (AvgIpc) is 2.03. The van der Waals surface area contributed by atoms with Crippen molar-refractivity contribution < 1.29 is 9.90 Å². The van der Waals surface area contributed by atoms with Crippen molar-refractivity contribution in [1.82, 2.24) is 0 Å². The molecule has 0 radical (unpaired) electrons. The highest BCUT2D eigenvalue weighted by molar-refractivity contribution is 5.68. The molecule has 0 bridgehead atoms. The summed E-state index contributed by atoms with van der Waals surface area (Å²) >= 11 is 0. The summed E-state index contributed by atoms with van der Waals surface area (Å²) in [4.78, 5) is 10.2. The molecule has 1 N–H and O–H groups in total. The minimum absolute atomic E-state index is 0.152. The highest BCUT2D eigenvalue weighted by Gasteiger charge is 1.99. The first-order chi connectivity index (χ1) is 5.29. The van der Waals surface area contributed by atoms with Crippen LogP contribution in [0.5, 0.6) is 0 Å². The van der Waals surface area contributed by atoms with Crippen molar-refractivity contribution in [3.8, 4) is 0 Å². The van der Waals surface area contributed by atoms with E-state index in [9.17, 15) is 4.79 Å². The minimum atomic E-state index is -0.753. The van der Waals surface area contributed by atoms with Gasteiger partial charge in [0.05, 0.1) is 6.42 Å². The third kappa shape index (κ3) is 3.03. The Morgan fingerprint density at radius 1 is 1.73 bits per heavy atom. The molecule has 0 heterocycles. The largest absolute Gasteiger partial charge is 0.481 e. The van der Waals surface area contributed by atoms with Gasteiger partial charge < -0.3 is 5.11 Å².